The van der Waals surface area contributed by atoms with Crippen molar-refractivity contribution >= 4 is 5.91 Å². The van der Waals surface area contributed by atoms with E-state index in [4.69, 9.17) is 5.26 Å². The van der Waals surface area contributed by atoms with Gasteiger partial charge in [-0.2, -0.15) is 5.26 Å². The maximum atomic E-state index is 11.8. The number of hydrogen-bond donors (Lipinski definition) is 0. The lowest BCUT2D eigenvalue weighted by molar-refractivity contribution is -0.128. The third-order valence-corrected chi connectivity index (χ3v) is 3.30. The number of benzene rings is 1. The van der Waals surface area contributed by atoms with Gasteiger partial charge in [0.15, 0.2) is 0 Å². The minimum absolute atomic E-state index is 0.235. The van der Waals surface area contributed by atoms with E-state index in [9.17, 15) is 4.79 Å². The highest BCUT2D eigenvalue weighted by Crippen LogP contribution is 2.22. The average molecular weight is 228 g/mol. The molecule has 3 heteroatoms. The van der Waals surface area contributed by atoms with Crippen molar-refractivity contribution in [3.05, 3.63) is 35.4 Å². The second kappa shape index (κ2) is 5.01. The standard InChI is InChI=1S/C14H16N2O/c1-2-11-7-14(17)16(9-11)10-13-5-3-4-12(6-13)8-15/h3-6,11H,2,7,9-10H2,1H3. The first kappa shape index (κ1) is 11.7. The number of rotatable bonds is 3. The van der Waals surface area contributed by atoms with E-state index in [0.717, 1.165) is 18.5 Å². The van der Waals surface area contributed by atoms with Gasteiger partial charge >= 0.3 is 0 Å². The highest BCUT2D eigenvalue weighted by atomic mass is 16.2. The summed E-state index contributed by atoms with van der Waals surface area (Å²) in [6, 6.07) is 9.59. The summed E-state index contributed by atoms with van der Waals surface area (Å²) in [7, 11) is 0. The third-order valence-electron chi connectivity index (χ3n) is 3.30. The lowest BCUT2D eigenvalue weighted by Gasteiger charge is -2.16. The number of hydrogen-bond acceptors (Lipinski definition) is 2. The van der Waals surface area contributed by atoms with Gasteiger partial charge in [0, 0.05) is 19.5 Å². The number of carbonyl (C=O) groups excluding carboxylic acids is 1. The lowest BCUT2D eigenvalue weighted by Crippen LogP contribution is -2.24. The zero-order valence-corrected chi connectivity index (χ0v) is 10.0. The molecule has 1 aromatic carbocycles. The van der Waals surface area contributed by atoms with E-state index in [1.165, 1.54) is 0 Å². The van der Waals surface area contributed by atoms with Gasteiger partial charge in [-0.25, -0.2) is 0 Å². The first-order valence-electron chi connectivity index (χ1n) is 5.99. The molecule has 1 heterocycles. The van der Waals surface area contributed by atoms with Gasteiger partial charge in [-0.1, -0.05) is 25.5 Å². The van der Waals surface area contributed by atoms with Crippen LogP contribution in [-0.2, 0) is 11.3 Å². The molecule has 0 N–H and O–H groups in total. The number of nitrogens with zero attached hydrogens (tertiary/aromatic N) is 2. The highest BCUT2D eigenvalue weighted by Gasteiger charge is 2.27. The zero-order valence-electron chi connectivity index (χ0n) is 10.0. The number of nitriles is 1. The Bertz CT molecular complexity index is 462. The second-order valence-electron chi connectivity index (χ2n) is 4.56. The van der Waals surface area contributed by atoms with Crippen LogP contribution in [0, 0.1) is 17.2 Å². The van der Waals surface area contributed by atoms with Crippen LogP contribution in [0.5, 0.6) is 0 Å². The normalized spacial score (nSPS) is 19.4. The van der Waals surface area contributed by atoms with Gasteiger partial charge in [0.05, 0.1) is 11.6 Å². The summed E-state index contributed by atoms with van der Waals surface area (Å²) in [5, 5.41) is 8.82. The van der Waals surface area contributed by atoms with Gasteiger partial charge in [-0.15, -0.1) is 0 Å². The molecule has 1 fully saturated rings. The molecule has 3 nitrogen and oxygen atoms in total. The van der Waals surface area contributed by atoms with Crippen molar-refractivity contribution in [1.29, 1.82) is 5.26 Å². The van der Waals surface area contributed by atoms with E-state index in [0.29, 0.717) is 24.4 Å². The first-order valence-corrected chi connectivity index (χ1v) is 5.99. The molecule has 1 aliphatic heterocycles. The monoisotopic (exact) mass is 228 g/mol. The molecule has 1 aromatic rings. The Morgan fingerprint density at radius 1 is 1.53 bits per heavy atom. The Morgan fingerprint density at radius 3 is 3.00 bits per heavy atom. The molecule has 1 aliphatic rings. The van der Waals surface area contributed by atoms with Crippen LogP contribution in [0.1, 0.15) is 30.9 Å². The molecule has 1 unspecified atom stereocenters. The molecule has 1 saturated heterocycles. The van der Waals surface area contributed by atoms with E-state index in [2.05, 4.69) is 13.0 Å². The lowest BCUT2D eigenvalue weighted by atomic mass is 10.1. The molecule has 88 valence electrons. The highest BCUT2D eigenvalue weighted by molar-refractivity contribution is 5.78. The molecule has 0 aliphatic carbocycles. The Kier molecular flexibility index (Phi) is 3.43. The molecule has 1 atom stereocenters. The van der Waals surface area contributed by atoms with Crippen molar-refractivity contribution in [2.24, 2.45) is 5.92 Å². The minimum Gasteiger partial charge on any atom is -0.338 e. The molecule has 0 spiro atoms. The Labute approximate surface area is 102 Å². The summed E-state index contributed by atoms with van der Waals surface area (Å²) >= 11 is 0. The fourth-order valence-corrected chi connectivity index (χ4v) is 2.24. The van der Waals surface area contributed by atoms with Gasteiger partial charge in [0.2, 0.25) is 5.91 Å². The summed E-state index contributed by atoms with van der Waals surface area (Å²) in [5.74, 6) is 0.737. The van der Waals surface area contributed by atoms with E-state index in [1.54, 1.807) is 6.07 Å². The maximum Gasteiger partial charge on any atom is 0.223 e. The van der Waals surface area contributed by atoms with Gasteiger partial charge in [-0.3, -0.25) is 4.79 Å². The van der Waals surface area contributed by atoms with E-state index >= 15 is 0 Å². The van der Waals surface area contributed by atoms with Gasteiger partial charge in [-0.05, 0) is 23.6 Å². The smallest absolute Gasteiger partial charge is 0.223 e. The van der Waals surface area contributed by atoms with Crippen molar-refractivity contribution < 1.29 is 4.79 Å². The predicted molar refractivity (Wildman–Crippen MR) is 65.0 cm³/mol. The molecule has 0 bridgehead atoms. The fourth-order valence-electron chi connectivity index (χ4n) is 2.24. The quantitative estimate of drug-likeness (QED) is 0.796. The SMILES string of the molecule is CCC1CC(=O)N(Cc2cccc(C#N)c2)C1. The second-order valence-corrected chi connectivity index (χ2v) is 4.56. The molecule has 2 rings (SSSR count). The first-order chi connectivity index (χ1) is 8.22. The van der Waals surface area contributed by atoms with Crippen LogP contribution < -0.4 is 0 Å². The average Bonchev–Trinajstić information content (AvgIpc) is 2.70. The van der Waals surface area contributed by atoms with E-state index in [1.807, 2.05) is 23.1 Å². The van der Waals surface area contributed by atoms with Crippen LogP contribution in [0.4, 0.5) is 0 Å². The van der Waals surface area contributed by atoms with Crippen LogP contribution in [0.3, 0.4) is 0 Å². The molecule has 0 saturated carbocycles. The van der Waals surface area contributed by atoms with Crippen molar-refractivity contribution in [2.75, 3.05) is 6.54 Å². The number of likely N-dealkylation sites (tertiary alicyclic amines) is 1. The van der Waals surface area contributed by atoms with Crippen LogP contribution in [0.25, 0.3) is 0 Å². The van der Waals surface area contributed by atoms with Crippen molar-refractivity contribution in [3.63, 3.8) is 0 Å². The Hall–Kier alpha value is -1.82. The third kappa shape index (κ3) is 2.65. The van der Waals surface area contributed by atoms with Crippen LogP contribution in [0.15, 0.2) is 24.3 Å². The van der Waals surface area contributed by atoms with E-state index < -0.39 is 0 Å². The largest absolute Gasteiger partial charge is 0.338 e. The fraction of sp³-hybridized carbons (Fsp3) is 0.429. The van der Waals surface area contributed by atoms with Gasteiger partial charge in [0.25, 0.3) is 0 Å². The summed E-state index contributed by atoms with van der Waals surface area (Å²) in [5.41, 5.74) is 1.69. The number of amides is 1. The van der Waals surface area contributed by atoms with Crippen molar-refractivity contribution in [2.45, 2.75) is 26.3 Å². The van der Waals surface area contributed by atoms with Gasteiger partial charge < -0.3 is 4.90 Å². The van der Waals surface area contributed by atoms with Crippen LogP contribution in [0.2, 0.25) is 0 Å². The van der Waals surface area contributed by atoms with Crippen LogP contribution >= 0.6 is 0 Å². The molecular weight excluding hydrogens is 212 g/mol. The summed E-state index contributed by atoms with van der Waals surface area (Å²) in [6.45, 7) is 3.61. The van der Waals surface area contributed by atoms with E-state index in [-0.39, 0.29) is 5.91 Å². The number of carbonyl (C=O) groups is 1. The molecular formula is C14H16N2O. The Balaban J connectivity index is 2.06. The van der Waals surface area contributed by atoms with Crippen LogP contribution in [-0.4, -0.2) is 17.4 Å². The maximum absolute atomic E-state index is 11.8. The minimum atomic E-state index is 0.235. The molecule has 0 aromatic heterocycles. The zero-order chi connectivity index (χ0) is 12.3. The molecule has 17 heavy (non-hydrogen) atoms. The van der Waals surface area contributed by atoms with Crippen molar-refractivity contribution in [1.82, 2.24) is 4.90 Å². The molecule has 0 radical (unpaired) electrons. The predicted octanol–water partition coefficient (Wildman–Crippen LogP) is 2.32. The summed E-state index contributed by atoms with van der Waals surface area (Å²) < 4.78 is 0. The van der Waals surface area contributed by atoms with Crippen molar-refractivity contribution in [3.8, 4) is 6.07 Å². The molecule has 1 amide bonds. The summed E-state index contributed by atoms with van der Waals surface area (Å²) in [6.07, 6.45) is 1.73. The summed E-state index contributed by atoms with van der Waals surface area (Å²) in [4.78, 5) is 13.7. The van der Waals surface area contributed by atoms with Gasteiger partial charge in [0.1, 0.15) is 0 Å². The topological polar surface area (TPSA) is 44.1 Å². The Morgan fingerprint density at radius 2 is 2.35 bits per heavy atom.